The fourth-order valence-electron chi connectivity index (χ4n) is 2.35. The molecular formula is C15H12FN3O3. The first kappa shape index (κ1) is 14.0. The van der Waals surface area contributed by atoms with Crippen LogP contribution in [-0.4, -0.2) is 35.2 Å². The third kappa shape index (κ3) is 2.48. The highest BCUT2D eigenvalue weighted by atomic mass is 19.1. The standard InChI is InChI=1S/C15H12FN3O3/c16-13-5-4-12(9-17-13)19-7-6-18(15(19)22)11-3-1-2-10(8-11)14(20)21/h1-5,8-9H,6-7H2,(H,20,21). The smallest absolute Gasteiger partial charge is 0.335 e. The number of halogens is 1. The Kier molecular flexibility index (Phi) is 3.46. The Morgan fingerprint density at radius 1 is 1.14 bits per heavy atom. The Morgan fingerprint density at radius 3 is 2.50 bits per heavy atom. The minimum Gasteiger partial charge on any atom is -0.478 e. The second kappa shape index (κ2) is 5.44. The molecule has 22 heavy (non-hydrogen) atoms. The quantitative estimate of drug-likeness (QED) is 0.883. The Bertz CT molecular complexity index is 733. The molecule has 2 heterocycles. The highest BCUT2D eigenvalue weighted by Gasteiger charge is 2.31. The van der Waals surface area contributed by atoms with Gasteiger partial charge >= 0.3 is 12.0 Å². The molecule has 0 atom stereocenters. The van der Waals surface area contributed by atoms with Gasteiger partial charge in [0.1, 0.15) is 0 Å². The predicted molar refractivity (Wildman–Crippen MR) is 77.7 cm³/mol. The number of carboxylic acid groups (broad SMARTS) is 1. The number of urea groups is 1. The summed E-state index contributed by atoms with van der Waals surface area (Å²) < 4.78 is 12.9. The zero-order valence-electron chi connectivity index (χ0n) is 11.4. The van der Waals surface area contributed by atoms with E-state index in [-0.39, 0.29) is 11.6 Å². The molecule has 0 aliphatic carbocycles. The van der Waals surface area contributed by atoms with E-state index < -0.39 is 11.9 Å². The molecule has 7 heteroatoms. The van der Waals surface area contributed by atoms with Crippen molar-refractivity contribution in [1.29, 1.82) is 0 Å². The number of anilines is 2. The van der Waals surface area contributed by atoms with Gasteiger partial charge in [-0.25, -0.2) is 14.6 Å². The summed E-state index contributed by atoms with van der Waals surface area (Å²) in [5.74, 6) is -1.66. The van der Waals surface area contributed by atoms with Crippen molar-refractivity contribution < 1.29 is 19.1 Å². The lowest BCUT2D eigenvalue weighted by atomic mass is 10.2. The average molecular weight is 301 g/mol. The molecule has 1 aliphatic heterocycles. The SMILES string of the molecule is O=C(O)c1cccc(N2CCN(c3ccc(F)nc3)C2=O)c1. The van der Waals surface area contributed by atoms with Crippen LogP contribution in [0.4, 0.5) is 20.6 Å². The summed E-state index contributed by atoms with van der Waals surface area (Å²) in [6.45, 7) is 0.836. The van der Waals surface area contributed by atoms with Gasteiger partial charge in [0.2, 0.25) is 5.95 Å². The lowest BCUT2D eigenvalue weighted by Gasteiger charge is -2.18. The second-order valence-corrected chi connectivity index (χ2v) is 4.78. The van der Waals surface area contributed by atoms with Gasteiger partial charge in [0, 0.05) is 18.8 Å². The Hall–Kier alpha value is -2.96. The van der Waals surface area contributed by atoms with Crippen LogP contribution in [0.3, 0.4) is 0 Å². The lowest BCUT2D eigenvalue weighted by Crippen LogP contribution is -2.31. The van der Waals surface area contributed by atoms with E-state index in [1.807, 2.05) is 0 Å². The van der Waals surface area contributed by atoms with Gasteiger partial charge in [0.25, 0.3) is 0 Å². The fraction of sp³-hybridized carbons (Fsp3) is 0.133. The molecule has 0 saturated carbocycles. The van der Waals surface area contributed by atoms with Gasteiger partial charge in [-0.1, -0.05) is 6.07 Å². The van der Waals surface area contributed by atoms with Crippen molar-refractivity contribution in [2.45, 2.75) is 0 Å². The molecule has 112 valence electrons. The summed E-state index contributed by atoms with van der Waals surface area (Å²) in [6.07, 6.45) is 1.30. The van der Waals surface area contributed by atoms with Crippen LogP contribution in [0.25, 0.3) is 0 Å². The zero-order valence-corrected chi connectivity index (χ0v) is 11.4. The number of hydrogen-bond donors (Lipinski definition) is 1. The number of pyridine rings is 1. The van der Waals surface area contributed by atoms with Crippen molar-refractivity contribution >= 4 is 23.4 Å². The van der Waals surface area contributed by atoms with E-state index in [9.17, 15) is 14.0 Å². The number of amides is 2. The van der Waals surface area contributed by atoms with Crippen LogP contribution in [0.15, 0.2) is 42.6 Å². The zero-order chi connectivity index (χ0) is 15.7. The molecule has 1 aliphatic rings. The van der Waals surface area contributed by atoms with Crippen LogP contribution in [0.1, 0.15) is 10.4 Å². The summed E-state index contributed by atoms with van der Waals surface area (Å²) in [5, 5.41) is 9.02. The van der Waals surface area contributed by atoms with Gasteiger partial charge < -0.3 is 5.11 Å². The number of carbonyl (C=O) groups is 2. The van der Waals surface area contributed by atoms with E-state index in [4.69, 9.17) is 5.11 Å². The molecule has 1 aromatic heterocycles. The molecule has 1 aromatic carbocycles. The van der Waals surface area contributed by atoms with Crippen molar-refractivity contribution in [1.82, 2.24) is 4.98 Å². The lowest BCUT2D eigenvalue weighted by molar-refractivity contribution is 0.0697. The number of nitrogens with zero attached hydrogens (tertiary/aromatic N) is 3. The normalized spacial score (nSPS) is 14.5. The van der Waals surface area contributed by atoms with E-state index in [2.05, 4.69) is 4.98 Å². The number of hydrogen-bond acceptors (Lipinski definition) is 3. The third-order valence-electron chi connectivity index (χ3n) is 3.44. The van der Waals surface area contributed by atoms with Gasteiger partial charge in [0.15, 0.2) is 0 Å². The Labute approximate surface area is 125 Å². The van der Waals surface area contributed by atoms with E-state index >= 15 is 0 Å². The van der Waals surface area contributed by atoms with Crippen LogP contribution in [0.2, 0.25) is 0 Å². The van der Waals surface area contributed by atoms with E-state index in [1.165, 1.54) is 40.3 Å². The molecule has 1 N–H and O–H groups in total. The topological polar surface area (TPSA) is 73.7 Å². The number of carboxylic acids is 1. The molecule has 2 amide bonds. The highest BCUT2D eigenvalue weighted by molar-refractivity contribution is 6.06. The van der Waals surface area contributed by atoms with Crippen molar-refractivity contribution in [3.8, 4) is 0 Å². The molecular weight excluding hydrogens is 289 g/mol. The first-order valence-electron chi connectivity index (χ1n) is 6.60. The van der Waals surface area contributed by atoms with Gasteiger partial charge in [-0.3, -0.25) is 9.80 Å². The molecule has 6 nitrogen and oxygen atoms in total. The summed E-state index contributed by atoms with van der Waals surface area (Å²) in [4.78, 5) is 30.0. The van der Waals surface area contributed by atoms with Crippen LogP contribution in [0.5, 0.6) is 0 Å². The largest absolute Gasteiger partial charge is 0.478 e. The minimum atomic E-state index is -1.05. The maximum Gasteiger partial charge on any atom is 0.335 e. The Morgan fingerprint density at radius 2 is 1.86 bits per heavy atom. The van der Waals surface area contributed by atoms with Gasteiger partial charge in [-0.2, -0.15) is 4.39 Å². The predicted octanol–water partition coefficient (Wildman–Crippen LogP) is 2.37. The van der Waals surface area contributed by atoms with Crippen molar-refractivity contribution in [3.05, 3.63) is 54.1 Å². The molecule has 0 bridgehead atoms. The Balaban J connectivity index is 1.86. The summed E-state index contributed by atoms with van der Waals surface area (Å²) >= 11 is 0. The molecule has 1 saturated heterocycles. The summed E-state index contributed by atoms with van der Waals surface area (Å²) in [6, 6.07) is 8.57. The van der Waals surface area contributed by atoms with E-state index in [0.717, 1.165) is 0 Å². The molecule has 0 radical (unpaired) electrons. The number of aromatic carboxylic acids is 1. The van der Waals surface area contributed by atoms with Crippen LogP contribution < -0.4 is 9.80 Å². The molecule has 0 unspecified atom stereocenters. The number of aromatic nitrogens is 1. The third-order valence-corrected chi connectivity index (χ3v) is 3.44. The minimum absolute atomic E-state index is 0.118. The van der Waals surface area contributed by atoms with Gasteiger partial charge in [-0.05, 0) is 30.3 Å². The highest BCUT2D eigenvalue weighted by Crippen LogP contribution is 2.25. The molecule has 1 fully saturated rings. The first-order chi connectivity index (χ1) is 10.6. The van der Waals surface area contributed by atoms with Crippen LogP contribution >= 0.6 is 0 Å². The monoisotopic (exact) mass is 301 g/mol. The van der Waals surface area contributed by atoms with E-state index in [0.29, 0.717) is 24.5 Å². The van der Waals surface area contributed by atoms with Crippen LogP contribution in [-0.2, 0) is 0 Å². The van der Waals surface area contributed by atoms with Gasteiger partial charge in [0.05, 0.1) is 17.4 Å². The maximum absolute atomic E-state index is 12.9. The fourth-order valence-corrected chi connectivity index (χ4v) is 2.35. The summed E-state index contributed by atoms with van der Waals surface area (Å²) in [5.41, 5.74) is 1.14. The van der Waals surface area contributed by atoms with E-state index in [1.54, 1.807) is 12.1 Å². The van der Waals surface area contributed by atoms with Crippen molar-refractivity contribution in [2.75, 3.05) is 22.9 Å². The number of benzene rings is 1. The van der Waals surface area contributed by atoms with Crippen molar-refractivity contribution in [2.24, 2.45) is 0 Å². The van der Waals surface area contributed by atoms with Crippen LogP contribution in [0, 0.1) is 5.95 Å². The number of rotatable bonds is 3. The first-order valence-corrected chi connectivity index (χ1v) is 6.60. The van der Waals surface area contributed by atoms with Gasteiger partial charge in [-0.15, -0.1) is 0 Å². The number of carbonyl (C=O) groups excluding carboxylic acids is 1. The van der Waals surface area contributed by atoms with Crippen molar-refractivity contribution in [3.63, 3.8) is 0 Å². The summed E-state index contributed by atoms with van der Waals surface area (Å²) in [7, 11) is 0. The second-order valence-electron chi connectivity index (χ2n) is 4.78. The molecule has 2 aromatic rings. The average Bonchev–Trinajstić information content (AvgIpc) is 2.90. The molecule has 3 rings (SSSR count). The molecule has 0 spiro atoms. The maximum atomic E-state index is 12.9.